The topological polar surface area (TPSA) is 58.2 Å². The van der Waals surface area contributed by atoms with Gasteiger partial charge in [0.05, 0.1) is 20.1 Å². The highest BCUT2D eigenvalue weighted by molar-refractivity contribution is 6.89. The van der Waals surface area contributed by atoms with Crippen LogP contribution < -0.4 is 15.0 Å². The molecule has 3 aromatic rings. The molecule has 29 heavy (non-hydrogen) atoms. The van der Waals surface area contributed by atoms with Gasteiger partial charge in [0, 0.05) is 29.3 Å². The smallest absolute Gasteiger partial charge is 0.250 e. The van der Waals surface area contributed by atoms with Crippen molar-refractivity contribution in [2.24, 2.45) is 0 Å². The van der Waals surface area contributed by atoms with E-state index in [1.165, 1.54) is 17.0 Å². The van der Waals surface area contributed by atoms with Crippen LogP contribution in [-0.4, -0.2) is 37.1 Å². The Bertz CT molecular complexity index is 1110. The zero-order valence-electron chi connectivity index (χ0n) is 17.5. The first kappa shape index (κ1) is 19.5. The molecule has 4 rings (SSSR count). The SMILES string of the molecule is C=CC(=O)N1CCc2ccc(-c3c([Si](C)(C)C)[nH]c4nccc(OCC)c34)cc21. The van der Waals surface area contributed by atoms with E-state index in [9.17, 15) is 4.79 Å². The zero-order chi connectivity index (χ0) is 20.8. The number of rotatable bonds is 5. The summed E-state index contributed by atoms with van der Waals surface area (Å²) in [6.07, 6.45) is 4.04. The van der Waals surface area contributed by atoms with Crippen molar-refractivity contribution in [1.29, 1.82) is 0 Å². The van der Waals surface area contributed by atoms with E-state index in [0.717, 1.165) is 40.0 Å². The van der Waals surface area contributed by atoms with E-state index < -0.39 is 8.07 Å². The number of carbonyl (C=O) groups excluding carboxylic acids is 1. The molecule has 0 spiro atoms. The number of nitrogens with zero attached hydrogens (tertiary/aromatic N) is 2. The molecule has 1 aliphatic heterocycles. The molecule has 0 saturated heterocycles. The number of nitrogens with one attached hydrogen (secondary N) is 1. The lowest BCUT2D eigenvalue weighted by Gasteiger charge is -2.19. The quantitative estimate of drug-likeness (QED) is 0.510. The summed E-state index contributed by atoms with van der Waals surface area (Å²) >= 11 is 0. The first-order valence-electron chi connectivity index (χ1n) is 10.1. The Labute approximate surface area is 172 Å². The van der Waals surface area contributed by atoms with Crippen molar-refractivity contribution < 1.29 is 9.53 Å². The second-order valence-corrected chi connectivity index (χ2v) is 13.4. The lowest BCUT2D eigenvalue weighted by atomic mass is 10.0. The minimum atomic E-state index is -1.71. The molecule has 1 N–H and O–H groups in total. The lowest BCUT2D eigenvalue weighted by Crippen LogP contribution is -2.39. The van der Waals surface area contributed by atoms with E-state index in [1.807, 2.05) is 17.9 Å². The molecule has 0 atom stereocenters. The van der Waals surface area contributed by atoms with Crippen LogP contribution in [0.1, 0.15) is 12.5 Å². The number of hydrogen-bond donors (Lipinski definition) is 1. The first-order valence-corrected chi connectivity index (χ1v) is 13.6. The maximum absolute atomic E-state index is 12.3. The van der Waals surface area contributed by atoms with Gasteiger partial charge < -0.3 is 14.6 Å². The Balaban J connectivity index is 1.99. The van der Waals surface area contributed by atoms with Gasteiger partial charge in [-0.25, -0.2) is 4.98 Å². The maximum Gasteiger partial charge on any atom is 0.250 e. The lowest BCUT2D eigenvalue weighted by molar-refractivity contribution is -0.114. The fourth-order valence-corrected chi connectivity index (χ4v) is 5.60. The molecule has 2 aromatic heterocycles. The Morgan fingerprint density at radius 2 is 2.14 bits per heavy atom. The van der Waals surface area contributed by atoms with Gasteiger partial charge in [0.1, 0.15) is 11.4 Å². The Kier molecular flexibility index (Phi) is 4.82. The molecule has 0 bridgehead atoms. The number of ether oxygens (including phenoxy) is 1. The molecule has 0 aliphatic carbocycles. The summed E-state index contributed by atoms with van der Waals surface area (Å²) in [6.45, 7) is 13.9. The van der Waals surface area contributed by atoms with Crippen LogP contribution in [-0.2, 0) is 11.2 Å². The van der Waals surface area contributed by atoms with Gasteiger partial charge in [0.15, 0.2) is 0 Å². The fourth-order valence-electron chi connectivity index (χ4n) is 4.09. The molecular formula is C23H27N3O2Si. The van der Waals surface area contributed by atoms with Crippen LogP contribution in [0.15, 0.2) is 43.1 Å². The monoisotopic (exact) mass is 405 g/mol. The average molecular weight is 406 g/mol. The van der Waals surface area contributed by atoms with E-state index in [0.29, 0.717) is 13.2 Å². The fraction of sp³-hybridized carbons (Fsp3) is 0.304. The standard InChI is InChI=1S/C23H27N3O2Si/c1-6-19(27)26-13-11-15-8-9-16(14-17(15)26)20-21-18(28-7-2)10-12-24-22(21)25-23(20)29(3,4)5/h6,8-10,12,14H,1,7,11,13H2,2-5H3,(H,24,25). The van der Waals surface area contributed by atoms with Crippen molar-refractivity contribution >= 4 is 36.0 Å². The second kappa shape index (κ2) is 7.19. The largest absolute Gasteiger partial charge is 0.493 e. The summed E-state index contributed by atoms with van der Waals surface area (Å²) in [6, 6.07) is 8.37. The van der Waals surface area contributed by atoms with Crippen molar-refractivity contribution in [2.75, 3.05) is 18.1 Å². The average Bonchev–Trinajstić information content (AvgIpc) is 3.29. The Morgan fingerprint density at radius 3 is 2.83 bits per heavy atom. The highest BCUT2D eigenvalue weighted by Crippen LogP contribution is 2.38. The van der Waals surface area contributed by atoms with Crippen molar-refractivity contribution in [3.05, 3.63) is 48.7 Å². The van der Waals surface area contributed by atoms with Gasteiger partial charge in [-0.2, -0.15) is 0 Å². The van der Waals surface area contributed by atoms with Crippen LogP contribution in [0.2, 0.25) is 19.6 Å². The van der Waals surface area contributed by atoms with Crippen LogP contribution in [0, 0.1) is 0 Å². The molecule has 1 aromatic carbocycles. The molecule has 0 fully saturated rings. The molecular weight excluding hydrogens is 378 g/mol. The molecule has 5 nitrogen and oxygen atoms in total. The molecule has 0 unspecified atom stereocenters. The van der Waals surface area contributed by atoms with Crippen molar-refractivity contribution in [3.8, 4) is 16.9 Å². The number of H-pyrrole nitrogens is 1. The van der Waals surface area contributed by atoms with Gasteiger partial charge >= 0.3 is 0 Å². The summed E-state index contributed by atoms with van der Waals surface area (Å²) in [5, 5.41) is 2.26. The molecule has 3 heterocycles. The molecule has 0 saturated carbocycles. The van der Waals surface area contributed by atoms with Gasteiger partial charge in [-0.1, -0.05) is 38.4 Å². The molecule has 1 aliphatic rings. The zero-order valence-corrected chi connectivity index (χ0v) is 18.5. The third-order valence-electron chi connectivity index (χ3n) is 5.42. The maximum atomic E-state index is 12.3. The minimum absolute atomic E-state index is 0.0538. The van der Waals surface area contributed by atoms with Crippen LogP contribution in [0.4, 0.5) is 5.69 Å². The van der Waals surface area contributed by atoms with Crippen molar-refractivity contribution in [1.82, 2.24) is 9.97 Å². The number of hydrogen-bond acceptors (Lipinski definition) is 3. The summed E-state index contributed by atoms with van der Waals surface area (Å²) in [5.74, 6) is 0.787. The van der Waals surface area contributed by atoms with E-state index in [2.05, 4.69) is 54.4 Å². The van der Waals surface area contributed by atoms with Crippen LogP contribution in [0.3, 0.4) is 0 Å². The third kappa shape index (κ3) is 3.27. The number of carbonyl (C=O) groups is 1. The predicted molar refractivity (Wildman–Crippen MR) is 122 cm³/mol. The predicted octanol–water partition coefficient (Wildman–Crippen LogP) is 4.25. The number of amides is 1. The van der Waals surface area contributed by atoms with Crippen LogP contribution in [0.5, 0.6) is 5.75 Å². The van der Waals surface area contributed by atoms with Crippen LogP contribution >= 0.6 is 0 Å². The van der Waals surface area contributed by atoms with Crippen molar-refractivity contribution in [3.63, 3.8) is 0 Å². The van der Waals surface area contributed by atoms with Crippen molar-refractivity contribution in [2.45, 2.75) is 33.0 Å². The molecule has 0 radical (unpaired) electrons. The minimum Gasteiger partial charge on any atom is -0.493 e. The molecule has 6 heteroatoms. The summed E-state index contributed by atoms with van der Waals surface area (Å²) in [4.78, 5) is 22.3. The molecule has 1 amide bonds. The first-order chi connectivity index (χ1) is 13.8. The Morgan fingerprint density at radius 1 is 1.34 bits per heavy atom. The normalized spacial score (nSPS) is 13.6. The van der Waals surface area contributed by atoms with Gasteiger partial charge in [0.2, 0.25) is 5.91 Å². The van der Waals surface area contributed by atoms with Gasteiger partial charge in [-0.3, -0.25) is 4.79 Å². The summed E-state index contributed by atoms with van der Waals surface area (Å²) in [5.41, 5.74) is 5.26. The third-order valence-corrected chi connectivity index (χ3v) is 7.29. The van der Waals surface area contributed by atoms with E-state index in [-0.39, 0.29) is 5.91 Å². The summed E-state index contributed by atoms with van der Waals surface area (Å²) < 4.78 is 5.95. The number of fused-ring (bicyclic) bond motifs is 2. The Hall–Kier alpha value is -2.86. The summed E-state index contributed by atoms with van der Waals surface area (Å²) in [7, 11) is -1.71. The van der Waals surface area contributed by atoms with Gasteiger partial charge in [-0.05, 0) is 42.7 Å². The second-order valence-electron chi connectivity index (χ2n) is 8.38. The number of aromatic nitrogens is 2. The van der Waals surface area contributed by atoms with Gasteiger partial charge in [-0.15, -0.1) is 0 Å². The van der Waals surface area contributed by atoms with Gasteiger partial charge in [0.25, 0.3) is 0 Å². The molecule has 150 valence electrons. The number of anilines is 1. The number of benzene rings is 1. The highest BCUT2D eigenvalue weighted by Gasteiger charge is 2.29. The number of pyridine rings is 1. The van der Waals surface area contributed by atoms with E-state index in [4.69, 9.17) is 4.74 Å². The highest BCUT2D eigenvalue weighted by atomic mass is 28.3. The van der Waals surface area contributed by atoms with E-state index >= 15 is 0 Å². The van der Waals surface area contributed by atoms with E-state index in [1.54, 1.807) is 6.20 Å². The van der Waals surface area contributed by atoms with Crippen LogP contribution in [0.25, 0.3) is 22.2 Å². The number of aromatic amines is 1.